The highest BCUT2D eigenvalue weighted by molar-refractivity contribution is 5.59. The van der Waals surface area contributed by atoms with E-state index in [9.17, 15) is 4.79 Å². The number of benzene rings is 1. The molecule has 3 nitrogen and oxygen atoms in total. The van der Waals surface area contributed by atoms with Crippen LogP contribution in [0.5, 0.6) is 0 Å². The zero-order valence-corrected chi connectivity index (χ0v) is 17.7. The molecule has 0 aliphatic rings. The molecule has 1 aromatic carbocycles. The van der Waals surface area contributed by atoms with Crippen LogP contribution in [-0.4, -0.2) is 12.8 Å². The minimum Gasteiger partial charge on any atom is -0.434 e. The molecule has 0 unspecified atom stereocenters. The summed E-state index contributed by atoms with van der Waals surface area (Å²) in [5, 5.41) is 0. The lowest BCUT2D eigenvalue weighted by atomic mass is 10.1. The molecule has 3 heteroatoms. The fourth-order valence-electron chi connectivity index (χ4n) is 2.95. The second kappa shape index (κ2) is 18.4. The molecule has 1 rings (SSSR count). The Morgan fingerprint density at radius 3 is 1.96 bits per heavy atom. The van der Waals surface area contributed by atoms with E-state index < -0.39 is 6.16 Å². The van der Waals surface area contributed by atoms with Crippen molar-refractivity contribution in [2.75, 3.05) is 6.61 Å². The molecule has 0 aromatic heterocycles. The molecule has 0 heterocycles. The molecule has 0 bridgehead atoms. The Kier molecular flexibility index (Phi) is 15.8. The maximum Gasteiger partial charge on any atom is 0.508 e. The normalized spacial score (nSPS) is 10.2. The first-order valence-electron chi connectivity index (χ1n) is 11.1. The lowest BCUT2D eigenvalue weighted by Crippen LogP contribution is -2.08. The minimum atomic E-state index is -0.609. The summed E-state index contributed by atoms with van der Waals surface area (Å²) >= 11 is 0. The first-order valence-corrected chi connectivity index (χ1v) is 11.1. The minimum absolute atomic E-state index is 0.248. The number of rotatable bonds is 15. The SMILES string of the molecule is CCCCCCCCCCCCC#CCCCOC(=O)OCc1ccccc1. The molecule has 0 aliphatic heterocycles. The van der Waals surface area contributed by atoms with Crippen LogP contribution in [-0.2, 0) is 16.1 Å². The van der Waals surface area contributed by atoms with Gasteiger partial charge in [-0.25, -0.2) is 4.79 Å². The summed E-state index contributed by atoms with van der Waals surface area (Å²) in [5.41, 5.74) is 0.956. The van der Waals surface area contributed by atoms with Gasteiger partial charge in [0.05, 0.1) is 6.61 Å². The predicted molar refractivity (Wildman–Crippen MR) is 116 cm³/mol. The van der Waals surface area contributed by atoms with E-state index in [0.29, 0.717) is 6.61 Å². The van der Waals surface area contributed by atoms with Gasteiger partial charge in [0.25, 0.3) is 0 Å². The summed E-state index contributed by atoms with van der Waals surface area (Å²) in [6, 6.07) is 9.59. The highest BCUT2D eigenvalue weighted by Gasteiger charge is 2.03. The molecule has 0 saturated heterocycles. The fourth-order valence-corrected chi connectivity index (χ4v) is 2.95. The zero-order chi connectivity index (χ0) is 20.1. The second-order valence-corrected chi connectivity index (χ2v) is 7.26. The van der Waals surface area contributed by atoms with E-state index in [4.69, 9.17) is 9.47 Å². The summed E-state index contributed by atoms with van der Waals surface area (Å²) in [7, 11) is 0. The number of carbonyl (C=O) groups excluding carboxylic acids is 1. The molecule has 0 N–H and O–H groups in total. The third kappa shape index (κ3) is 15.1. The number of ether oxygens (including phenoxy) is 2. The average molecular weight is 387 g/mol. The Bertz CT molecular complexity index is 542. The molecule has 0 aliphatic carbocycles. The Balaban J connectivity index is 1.83. The molecule has 0 spiro atoms. The van der Waals surface area contributed by atoms with Crippen LogP contribution in [0, 0.1) is 11.8 Å². The maximum atomic E-state index is 11.5. The van der Waals surface area contributed by atoms with Crippen LogP contribution in [0.15, 0.2) is 30.3 Å². The molecule has 0 amide bonds. The van der Waals surface area contributed by atoms with E-state index >= 15 is 0 Å². The Morgan fingerprint density at radius 2 is 1.32 bits per heavy atom. The summed E-state index contributed by atoms with van der Waals surface area (Å²) in [5.74, 6) is 6.39. The third-order valence-electron chi connectivity index (χ3n) is 4.65. The summed E-state index contributed by atoms with van der Waals surface area (Å²) < 4.78 is 10.1. The van der Waals surface area contributed by atoms with Crippen LogP contribution in [0.2, 0.25) is 0 Å². The standard InChI is InChI=1S/C25H38O3/c1-2-3-4-5-6-7-8-9-10-11-12-13-14-15-19-22-27-25(26)28-23-24-20-17-16-18-21-24/h16-18,20-21H,2-12,15,19,22-23H2,1H3. The van der Waals surface area contributed by atoms with Crippen LogP contribution in [0.1, 0.15) is 96.0 Å². The molecule has 0 fully saturated rings. The Labute approximate surface area is 172 Å². The van der Waals surface area contributed by atoms with Crippen molar-refractivity contribution in [3.63, 3.8) is 0 Å². The Morgan fingerprint density at radius 1 is 0.750 bits per heavy atom. The van der Waals surface area contributed by atoms with Gasteiger partial charge in [0.15, 0.2) is 0 Å². The zero-order valence-electron chi connectivity index (χ0n) is 17.7. The van der Waals surface area contributed by atoms with Crippen molar-refractivity contribution >= 4 is 6.16 Å². The fraction of sp³-hybridized carbons (Fsp3) is 0.640. The number of hydrogen-bond acceptors (Lipinski definition) is 3. The van der Waals surface area contributed by atoms with E-state index in [2.05, 4.69) is 18.8 Å². The van der Waals surface area contributed by atoms with Crippen molar-refractivity contribution < 1.29 is 14.3 Å². The highest BCUT2D eigenvalue weighted by Crippen LogP contribution is 2.11. The molecule has 0 radical (unpaired) electrons. The van der Waals surface area contributed by atoms with Crippen LogP contribution < -0.4 is 0 Å². The largest absolute Gasteiger partial charge is 0.508 e. The Hall–Kier alpha value is -1.95. The van der Waals surface area contributed by atoms with Crippen molar-refractivity contribution in [3.05, 3.63) is 35.9 Å². The van der Waals surface area contributed by atoms with E-state index in [1.807, 2.05) is 30.3 Å². The lowest BCUT2D eigenvalue weighted by Gasteiger charge is -2.05. The van der Waals surface area contributed by atoms with Crippen molar-refractivity contribution in [2.24, 2.45) is 0 Å². The van der Waals surface area contributed by atoms with Gasteiger partial charge >= 0.3 is 6.16 Å². The maximum absolute atomic E-state index is 11.5. The van der Waals surface area contributed by atoms with Gasteiger partial charge in [0.1, 0.15) is 6.61 Å². The van der Waals surface area contributed by atoms with Crippen LogP contribution >= 0.6 is 0 Å². The van der Waals surface area contributed by atoms with Gasteiger partial charge in [0, 0.05) is 12.8 Å². The summed E-state index contributed by atoms with van der Waals surface area (Å²) in [4.78, 5) is 11.5. The molecular weight excluding hydrogens is 348 g/mol. The smallest absolute Gasteiger partial charge is 0.434 e. The van der Waals surface area contributed by atoms with E-state index in [1.165, 1.54) is 64.2 Å². The van der Waals surface area contributed by atoms with E-state index in [0.717, 1.165) is 24.8 Å². The van der Waals surface area contributed by atoms with Crippen molar-refractivity contribution in [1.82, 2.24) is 0 Å². The van der Waals surface area contributed by atoms with Gasteiger partial charge in [-0.15, -0.1) is 11.8 Å². The number of carbonyl (C=O) groups is 1. The predicted octanol–water partition coefficient (Wildman–Crippen LogP) is 7.43. The van der Waals surface area contributed by atoms with Crippen molar-refractivity contribution in [3.8, 4) is 11.8 Å². The lowest BCUT2D eigenvalue weighted by molar-refractivity contribution is 0.0494. The van der Waals surface area contributed by atoms with Gasteiger partial charge < -0.3 is 9.47 Å². The van der Waals surface area contributed by atoms with Gasteiger partial charge in [0.2, 0.25) is 0 Å². The first kappa shape index (κ1) is 24.1. The average Bonchev–Trinajstić information content (AvgIpc) is 2.72. The molecule has 0 atom stereocenters. The summed E-state index contributed by atoms with van der Waals surface area (Å²) in [6.45, 7) is 2.87. The third-order valence-corrected chi connectivity index (χ3v) is 4.65. The highest BCUT2D eigenvalue weighted by atomic mass is 16.7. The molecule has 28 heavy (non-hydrogen) atoms. The van der Waals surface area contributed by atoms with Crippen molar-refractivity contribution in [1.29, 1.82) is 0 Å². The van der Waals surface area contributed by atoms with Crippen molar-refractivity contribution in [2.45, 2.75) is 97.0 Å². The van der Waals surface area contributed by atoms with Crippen LogP contribution in [0.25, 0.3) is 0 Å². The van der Waals surface area contributed by atoms with Gasteiger partial charge in [-0.3, -0.25) is 0 Å². The topological polar surface area (TPSA) is 35.5 Å². The van der Waals surface area contributed by atoms with Gasteiger partial charge in [-0.2, -0.15) is 0 Å². The van der Waals surface area contributed by atoms with Crippen LogP contribution in [0.3, 0.4) is 0 Å². The number of unbranched alkanes of at least 4 members (excludes halogenated alkanes) is 11. The monoisotopic (exact) mass is 386 g/mol. The quantitative estimate of drug-likeness (QED) is 0.178. The summed E-state index contributed by atoms with van der Waals surface area (Å²) in [6.07, 6.45) is 15.4. The van der Waals surface area contributed by atoms with Gasteiger partial charge in [-0.05, 0) is 18.4 Å². The number of hydrogen-bond donors (Lipinski definition) is 0. The second-order valence-electron chi connectivity index (χ2n) is 7.26. The van der Waals surface area contributed by atoms with Crippen LogP contribution in [0.4, 0.5) is 4.79 Å². The molecule has 156 valence electrons. The first-order chi connectivity index (χ1) is 13.8. The molecule has 0 saturated carbocycles. The molecule has 1 aromatic rings. The van der Waals surface area contributed by atoms with E-state index in [1.54, 1.807) is 0 Å². The van der Waals surface area contributed by atoms with Gasteiger partial charge in [-0.1, -0.05) is 95.0 Å². The molecular formula is C25H38O3. The van der Waals surface area contributed by atoms with E-state index in [-0.39, 0.29) is 6.61 Å².